The zero-order valence-corrected chi connectivity index (χ0v) is 15.3. The van der Waals surface area contributed by atoms with Crippen molar-refractivity contribution in [1.82, 2.24) is 5.32 Å². The van der Waals surface area contributed by atoms with Crippen molar-refractivity contribution >= 4 is 17.5 Å². The minimum Gasteiger partial charge on any atom is -0.366 e. The van der Waals surface area contributed by atoms with Crippen LogP contribution in [0.15, 0.2) is 73.1 Å². The van der Waals surface area contributed by atoms with Gasteiger partial charge in [-0.1, -0.05) is 31.2 Å². The summed E-state index contributed by atoms with van der Waals surface area (Å²) in [5, 5.41) is 2.86. The normalized spacial score (nSPS) is 13.6. The summed E-state index contributed by atoms with van der Waals surface area (Å²) in [4.78, 5) is 25.6. The summed E-state index contributed by atoms with van der Waals surface area (Å²) in [6.45, 7) is 2.49. The first kappa shape index (κ1) is 18.5. The van der Waals surface area contributed by atoms with E-state index < -0.39 is 5.91 Å². The number of anilines is 1. The summed E-state index contributed by atoms with van der Waals surface area (Å²) >= 11 is 0. The second kappa shape index (κ2) is 8.36. The van der Waals surface area contributed by atoms with Gasteiger partial charge < -0.3 is 16.0 Å². The highest BCUT2D eigenvalue weighted by Crippen LogP contribution is 2.21. The number of carbonyl (C=O) groups excluding carboxylic acids is 2. The molecule has 1 aliphatic rings. The third-order valence-electron chi connectivity index (χ3n) is 4.55. The fourth-order valence-corrected chi connectivity index (χ4v) is 2.87. The second-order valence-electron chi connectivity index (χ2n) is 6.46. The molecule has 0 saturated carbocycles. The monoisotopic (exact) mass is 361 g/mol. The van der Waals surface area contributed by atoms with E-state index in [0.717, 1.165) is 17.7 Å². The summed E-state index contributed by atoms with van der Waals surface area (Å²) in [6, 6.07) is 14.4. The van der Waals surface area contributed by atoms with Crippen LogP contribution in [0.2, 0.25) is 0 Å². The van der Waals surface area contributed by atoms with Crippen molar-refractivity contribution in [1.29, 1.82) is 0 Å². The van der Waals surface area contributed by atoms with Crippen LogP contribution in [0, 0.1) is 5.92 Å². The molecule has 2 aromatic rings. The number of rotatable bonds is 6. The van der Waals surface area contributed by atoms with E-state index in [9.17, 15) is 9.59 Å². The van der Waals surface area contributed by atoms with Crippen LogP contribution in [0.3, 0.4) is 0 Å². The van der Waals surface area contributed by atoms with Crippen LogP contribution in [0.25, 0.3) is 0 Å². The summed E-state index contributed by atoms with van der Waals surface area (Å²) in [6.07, 6.45) is 9.52. The van der Waals surface area contributed by atoms with E-state index in [0.29, 0.717) is 23.6 Å². The van der Waals surface area contributed by atoms with Gasteiger partial charge in [0.2, 0.25) is 5.91 Å². The molecule has 5 nitrogen and oxygen atoms in total. The molecule has 27 heavy (non-hydrogen) atoms. The van der Waals surface area contributed by atoms with Crippen LogP contribution in [0.1, 0.15) is 39.6 Å². The quantitative estimate of drug-likeness (QED) is 0.826. The molecule has 138 valence electrons. The number of nitrogens with one attached hydrogen (secondary N) is 1. The van der Waals surface area contributed by atoms with Crippen LogP contribution >= 0.6 is 0 Å². The maximum atomic E-state index is 12.4. The number of benzene rings is 2. The van der Waals surface area contributed by atoms with Crippen molar-refractivity contribution in [2.45, 2.75) is 19.9 Å². The Morgan fingerprint density at radius 3 is 2.37 bits per heavy atom. The van der Waals surface area contributed by atoms with Gasteiger partial charge in [-0.15, -0.1) is 0 Å². The van der Waals surface area contributed by atoms with Gasteiger partial charge in [-0.05, 0) is 54.3 Å². The van der Waals surface area contributed by atoms with Gasteiger partial charge in [0.05, 0.1) is 0 Å². The number of carbonyl (C=O) groups is 2. The van der Waals surface area contributed by atoms with E-state index in [4.69, 9.17) is 5.73 Å². The summed E-state index contributed by atoms with van der Waals surface area (Å²) < 4.78 is 0. The molecular formula is C22H23N3O2. The highest BCUT2D eigenvalue weighted by atomic mass is 16.2. The maximum Gasteiger partial charge on any atom is 0.251 e. The van der Waals surface area contributed by atoms with Gasteiger partial charge in [0, 0.05) is 35.8 Å². The average Bonchev–Trinajstić information content (AvgIpc) is 2.72. The van der Waals surface area contributed by atoms with Crippen molar-refractivity contribution in [2.75, 3.05) is 4.90 Å². The second-order valence-corrected chi connectivity index (χ2v) is 6.46. The van der Waals surface area contributed by atoms with Crippen LogP contribution in [0.5, 0.6) is 0 Å². The Bertz CT molecular complexity index is 871. The summed E-state index contributed by atoms with van der Waals surface area (Å²) in [5.74, 6) is -0.161. The molecule has 2 amide bonds. The highest BCUT2D eigenvalue weighted by Gasteiger charge is 2.10. The van der Waals surface area contributed by atoms with E-state index >= 15 is 0 Å². The largest absolute Gasteiger partial charge is 0.366 e. The smallest absolute Gasteiger partial charge is 0.251 e. The van der Waals surface area contributed by atoms with E-state index in [1.807, 2.05) is 23.1 Å². The molecule has 0 saturated heterocycles. The zero-order valence-electron chi connectivity index (χ0n) is 15.3. The molecular weight excluding hydrogens is 338 g/mol. The van der Waals surface area contributed by atoms with E-state index in [1.165, 1.54) is 0 Å². The molecule has 0 aliphatic carbocycles. The predicted molar refractivity (Wildman–Crippen MR) is 107 cm³/mol. The van der Waals surface area contributed by atoms with Crippen molar-refractivity contribution < 1.29 is 9.59 Å². The van der Waals surface area contributed by atoms with Gasteiger partial charge in [-0.2, -0.15) is 0 Å². The zero-order chi connectivity index (χ0) is 19.2. The lowest BCUT2D eigenvalue weighted by Crippen LogP contribution is -2.23. The lowest BCUT2D eigenvalue weighted by Gasteiger charge is -2.21. The van der Waals surface area contributed by atoms with Crippen LogP contribution < -0.4 is 16.0 Å². The number of hydrogen-bond acceptors (Lipinski definition) is 3. The average molecular weight is 361 g/mol. The molecule has 0 unspecified atom stereocenters. The molecule has 0 aromatic heterocycles. The Hall–Kier alpha value is -3.34. The number of nitrogens with two attached hydrogens (primary N) is 1. The fraction of sp³-hybridized carbons (Fsp3) is 0.182. The Morgan fingerprint density at radius 2 is 1.74 bits per heavy atom. The van der Waals surface area contributed by atoms with Crippen molar-refractivity contribution in [2.24, 2.45) is 11.7 Å². The van der Waals surface area contributed by atoms with Gasteiger partial charge in [0.15, 0.2) is 0 Å². The molecule has 3 N–H and O–H groups in total. The molecule has 0 fully saturated rings. The number of allylic oxidation sites excluding steroid dienone is 2. The molecule has 0 spiro atoms. The molecule has 3 rings (SSSR count). The Kier molecular flexibility index (Phi) is 5.71. The van der Waals surface area contributed by atoms with Crippen LogP contribution in [-0.2, 0) is 6.54 Å². The molecule has 0 bridgehead atoms. The molecule has 1 heterocycles. The molecule has 0 radical (unpaired) electrons. The molecule has 1 aliphatic heterocycles. The maximum absolute atomic E-state index is 12.4. The molecule has 5 heteroatoms. The first-order chi connectivity index (χ1) is 13.1. The minimum absolute atomic E-state index is 0.165. The number of primary amides is 1. The van der Waals surface area contributed by atoms with E-state index in [1.54, 1.807) is 30.3 Å². The van der Waals surface area contributed by atoms with Gasteiger partial charge in [0.1, 0.15) is 0 Å². The van der Waals surface area contributed by atoms with Crippen molar-refractivity contribution in [3.05, 3.63) is 89.8 Å². The summed E-state index contributed by atoms with van der Waals surface area (Å²) in [5.41, 5.74) is 8.12. The molecule has 0 atom stereocenters. The van der Waals surface area contributed by atoms with E-state index in [2.05, 4.69) is 36.8 Å². The first-order valence-corrected chi connectivity index (χ1v) is 8.99. The Labute approximate surface area is 159 Å². The van der Waals surface area contributed by atoms with Gasteiger partial charge >= 0.3 is 0 Å². The van der Waals surface area contributed by atoms with E-state index in [-0.39, 0.29) is 5.91 Å². The number of hydrogen-bond donors (Lipinski definition) is 2. The van der Waals surface area contributed by atoms with Crippen LogP contribution in [-0.4, -0.2) is 11.8 Å². The van der Waals surface area contributed by atoms with Crippen molar-refractivity contribution in [3.8, 4) is 0 Å². The summed E-state index contributed by atoms with van der Waals surface area (Å²) in [7, 11) is 0. The first-order valence-electron chi connectivity index (χ1n) is 8.99. The van der Waals surface area contributed by atoms with Gasteiger partial charge in [0.25, 0.3) is 5.91 Å². The highest BCUT2D eigenvalue weighted by molar-refractivity contribution is 5.95. The lowest BCUT2D eigenvalue weighted by molar-refractivity contribution is 0.0950. The van der Waals surface area contributed by atoms with Gasteiger partial charge in [-0.3, -0.25) is 9.59 Å². The third-order valence-corrected chi connectivity index (χ3v) is 4.55. The topological polar surface area (TPSA) is 75.4 Å². The van der Waals surface area contributed by atoms with Gasteiger partial charge in [-0.25, -0.2) is 0 Å². The van der Waals surface area contributed by atoms with Crippen molar-refractivity contribution in [3.63, 3.8) is 0 Å². The minimum atomic E-state index is -0.482. The Balaban J connectivity index is 1.60. The number of amides is 2. The molecule has 2 aromatic carbocycles. The predicted octanol–water partition coefficient (Wildman–Crippen LogP) is 3.59. The standard InChI is InChI=1S/C22H23N3O2/c1-2-16-10-12-25(13-11-16)20-8-6-18(7-9-20)22(27)24-15-17-4-3-5-19(14-17)21(23)26/h3-14,16H,2,15H2,1H3,(H2,23,26)(H,24,27). The fourth-order valence-electron chi connectivity index (χ4n) is 2.87. The Morgan fingerprint density at radius 1 is 1.04 bits per heavy atom. The van der Waals surface area contributed by atoms with Crippen LogP contribution in [0.4, 0.5) is 5.69 Å². The third kappa shape index (κ3) is 4.64. The SMILES string of the molecule is CCC1C=CN(c2ccc(C(=O)NCc3cccc(C(N)=O)c3)cc2)C=C1. The lowest BCUT2D eigenvalue weighted by atomic mass is 10.0. The number of nitrogens with zero attached hydrogens (tertiary/aromatic N) is 1.